The van der Waals surface area contributed by atoms with Gasteiger partial charge in [-0.15, -0.1) is 0 Å². The molecule has 10 aliphatic heterocycles. The predicted molar refractivity (Wildman–Crippen MR) is 268 cm³/mol. The topological polar surface area (TPSA) is 231 Å². The Morgan fingerprint density at radius 3 is 2.27 bits per heavy atom. The molecule has 17 heteroatoms. The van der Waals surface area contributed by atoms with Gasteiger partial charge in [0.25, 0.3) is 0 Å². The van der Waals surface area contributed by atoms with Gasteiger partial charge in [-0.3, -0.25) is 4.79 Å². The SMILES string of the molecule is C=C1CC2OC3C(CC2(C)OC1CC(C)=CC(C)CO)OC1CC2OC4CCC5OC6CC7OC(C(O)CC8CC(O)C(C(C)C(=O)O)O8)C(C)(O)CCC7OC6(C)CC5(C)OC4CC=CC(C)C2OC1(C)C3O. The monoisotopic (exact) mass is 1040 g/mol. The second-order valence-corrected chi connectivity index (χ2v) is 25.8. The van der Waals surface area contributed by atoms with Crippen LogP contribution in [0.1, 0.15) is 146 Å². The third kappa shape index (κ3) is 10.3. The minimum Gasteiger partial charge on any atom is -0.481 e. The van der Waals surface area contributed by atoms with Gasteiger partial charge in [-0.05, 0) is 105 Å². The second kappa shape index (κ2) is 20.6. The van der Waals surface area contributed by atoms with Crippen LogP contribution in [0.4, 0.5) is 0 Å². The van der Waals surface area contributed by atoms with E-state index in [9.17, 15) is 35.4 Å². The van der Waals surface area contributed by atoms with Crippen LogP contribution in [0.3, 0.4) is 0 Å². The van der Waals surface area contributed by atoms with Crippen molar-refractivity contribution in [1.82, 2.24) is 0 Å². The minimum atomic E-state index is -1.41. The van der Waals surface area contributed by atoms with Crippen LogP contribution < -0.4 is 0 Å². The highest BCUT2D eigenvalue weighted by Gasteiger charge is 2.65. The zero-order valence-corrected chi connectivity index (χ0v) is 45.2. The summed E-state index contributed by atoms with van der Waals surface area (Å²) in [6.07, 6.45) is 2.33. The van der Waals surface area contributed by atoms with Gasteiger partial charge in [-0.1, -0.05) is 44.2 Å². The van der Waals surface area contributed by atoms with Crippen molar-refractivity contribution in [2.75, 3.05) is 6.61 Å². The van der Waals surface area contributed by atoms with E-state index in [1.54, 1.807) is 6.92 Å². The Bertz CT molecular complexity index is 2120. The summed E-state index contributed by atoms with van der Waals surface area (Å²) in [6, 6.07) is 0. The summed E-state index contributed by atoms with van der Waals surface area (Å²) in [5.41, 5.74) is -2.52. The Kier molecular flexibility index (Phi) is 15.5. The fraction of sp³-hybridized carbons (Fsp3) is 0.877. The number of aliphatic hydroxyl groups is 5. The lowest BCUT2D eigenvalue weighted by atomic mass is 9.72. The Morgan fingerprint density at radius 1 is 0.797 bits per heavy atom. The molecule has 0 aromatic rings. The van der Waals surface area contributed by atoms with Crippen molar-refractivity contribution >= 4 is 5.97 Å². The Balaban J connectivity index is 0.811. The average molecular weight is 1050 g/mol. The van der Waals surface area contributed by atoms with E-state index < -0.39 is 101 Å². The molecular weight excluding hydrogens is 957 g/mol. The van der Waals surface area contributed by atoms with Crippen LogP contribution in [0, 0.1) is 17.8 Å². The van der Waals surface area contributed by atoms with Gasteiger partial charge in [0, 0.05) is 51.0 Å². The summed E-state index contributed by atoms with van der Waals surface area (Å²) in [4.78, 5) is 11.7. The maximum absolute atomic E-state index is 12.4. The number of rotatable bonds is 9. The van der Waals surface area contributed by atoms with Gasteiger partial charge in [0.1, 0.15) is 23.9 Å². The van der Waals surface area contributed by atoms with Gasteiger partial charge in [0.15, 0.2) is 0 Å². The summed E-state index contributed by atoms with van der Waals surface area (Å²) in [7, 11) is 0. The third-order valence-electron chi connectivity index (χ3n) is 19.5. The number of carboxylic acid groups (broad SMARTS) is 1. The number of carboxylic acids is 1. The molecule has 0 aliphatic carbocycles. The molecule has 10 aliphatic rings. The van der Waals surface area contributed by atoms with Crippen molar-refractivity contribution in [2.24, 2.45) is 17.8 Å². The van der Waals surface area contributed by atoms with Gasteiger partial charge < -0.3 is 78.0 Å². The lowest BCUT2D eigenvalue weighted by Crippen LogP contribution is -2.74. The standard InChI is InChI=1S/C57H88O17/c1-28(18-29(2)26-58)19-39-31(4)20-44-54(7,73-39)25-42-49(70-44)50(61)57(10)46(67-42)24-41-47(74-57)30(3)12-11-13-37-36(66-41)14-15-43-55(8,71-37)27-56(9)45(69-43)23-40-38(72-56)16-17-53(6,64)51(68-40)35(60)22-33-21-34(59)48(65-33)32(5)52(62)63/h11-12,18,29-30,32-51,58-61,64H,4,13-17,19-27H2,1-3,5-10H3,(H,62,63). The number of fused-ring (bicyclic) bond motifs is 8. The van der Waals surface area contributed by atoms with Gasteiger partial charge in [0.05, 0.1) is 126 Å². The fourth-order valence-corrected chi connectivity index (χ4v) is 15.2. The highest BCUT2D eigenvalue weighted by atomic mass is 16.7. The largest absolute Gasteiger partial charge is 0.481 e. The van der Waals surface area contributed by atoms with E-state index in [0.29, 0.717) is 70.6 Å². The highest BCUT2D eigenvalue weighted by Crippen LogP contribution is 2.54. The van der Waals surface area contributed by atoms with E-state index >= 15 is 0 Å². The summed E-state index contributed by atoms with van der Waals surface area (Å²) in [5.74, 6) is -1.97. The predicted octanol–water partition coefficient (Wildman–Crippen LogP) is 5.17. The Morgan fingerprint density at radius 2 is 1.53 bits per heavy atom. The summed E-state index contributed by atoms with van der Waals surface area (Å²) in [6.45, 7) is 22.1. The van der Waals surface area contributed by atoms with E-state index in [0.717, 1.165) is 11.1 Å². The number of ether oxygens (including phenoxy) is 10. The zero-order chi connectivity index (χ0) is 53.0. The Labute approximate surface area is 437 Å². The first-order valence-electron chi connectivity index (χ1n) is 28.1. The molecule has 9 fully saturated rings. The average Bonchev–Trinajstić information content (AvgIpc) is 3.58. The molecule has 27 unspecified atom stereocenters. The van der Waals surface area contributed by atoms with Crippen molar-refractivity contribution in [3.8, 4) is 0 Å². The van der Waals surface area contributed by atoms with E-state index in [2.05, 4.69) is 59.4 Å². The van der Waals surface area contributed by atoms with Gasteiger partial charge in [0.2, 0.25) is 0 Å². The molecule has 0 aromatic heterocycles. The molecule has 17 nitrogen and oxygen atoms in total. The van der Waals surface area contributed by atoms with E-state index in [-0.39, 0.29) is 86.2 Å². The van der Waals surface area contributed by atoms with Gasteiger partial charge in [-0.2, -0.15) is 0 Å². The molecule has 0 radical (unpaired) electrons. The van der Waals surface area contributed by atoms with Crippen LogP contribution in [0.5, 0.6) is 0 Å². The van der Waals surface area contributed by atoms with Crippen LogP contribution in [0.15, 0.2) is 36.0 Å². The zero-order valence-electron chi connectivity index (χ0n) is 45.2. The molecular formula is C57H88O17. The number of hydrogen-bond acceptors (Lipinski definition) is 16. The number of aliphatic carboxylic acids is 1. The van der Waals surface area contributed by atoms with E-state index in [1.807, 2.05) is 13.8 Å². The second-order valence-electron chi connectivity index (χ2n) is 25.8. The molecule has 0 saturated carbocycles. The molecule has 0 amide bonds. The molecule has 0 aromatic carbocycles. The van der Waals surface area contributed by atoms with Crippen molar-refractivity contribution in [3.63, 3.8) is 0 Å². The lowest BCUT2D eigenvalue weighted by molar-refractivity contribution is -0.369. The minimum absolute atomic E-state index is 0.0395. The van der Waals surface area contributed by atoms with Crippen molar-refractivity contribution in [2.45, 2.75) is 290 Å². The van der Waals surface area contributed by atoms with Crippen LogP contribution in [0.25, 0.3) is 0 Å². The van der Waals surface area contributed by atoms with Crippen LogP contribution in [0.2, 0.25) is 0 Å². The van der Waals surface area contributed by atoms with Crippen LogP contribution >= 0.6 is 0 Å². The van der Waals surface area contributed by atoms with E-state index in [4.69, 9.17) is 47.4 Å². The van der Waals surface area contributed by atoms with Gasteiger partial charge in [-0.25, -0.2) is 0 Å². The first kappa shape index (κ1) is 55.4. The first-order valence-corrected chi connectivity index (χ1v) is 28.1. The molecule has 10 heterocycles. The first-order chi connectivity index (χ1) is 34.8. The molecule has 6 N–H and O–H groups in total. The third-order valence-corrected chi connectivity index (χ3v) is 19.5. The molecule has 10 rings (SSSR count). The molecule has 27 atom stereocenters. The highest BCUT2D eigenvalue weighted by molar-refractivity contribution is 5.70. The number of hydrogen-bond donors (Lipinski definition) is 6. The van der Waals surface area contributed by atoms with Crippen LogP contribution in [-0.2, 0) is 52.2 Å². The fourth-order valence-electron chi connectivity index (χ4n) is 15.2. The number of aliphatic hydroxyl groups excluding tert-OH is 4. The van der Waals surface area contributed by atoms with Gasteiger partial charge >= 0.3 is 5.97 Å². The van der Waals surface area contributed by atoms with E-state index in [1.165, 1.54) is 6.92 Å². The molecule has 9 saturated heterocycles. The van der Waals surface area contributed by atoms with Crippen molar-refractivity contribution in [1.29, 1.82) is 0 Å². The molecule has 74 heavy (non-hydrogen) atoms. The molecule has 0 bridgehead atoms. The molecule has 0 spiro atoms. The lowest BCUT2D eigenvalue weighted by Gasteiger charge is -2.61. The van der Waals surface area contributed by atoms with Crippen LogP contribution in [-0.4, -0.2) is 187 Å². The Hall–Kier alpha value is -1.91. The van der Waals surface area contributed by atoms with Crippen molar-refractivity contribution < 1.29 is 82.8 Å². The smallest absolute Gasteiger partial charge is 0.308 e. The normalized spacial score (nSPS) is 52.7. The van der Waals surface area contributed by atoms with Crippen molar-refractivity contribution in [3.05, 3.63) is 36.0 Å². The summed E-state index contributed by atoms with van der Waals surface area (Å²) >= 11 is 0. The maximum Gasteiger partial charge on any atom is 0.308 e. The number of carbonyl (C=O) groups is 1. The summed E-state index contributed by atoms with van der Waals surface area (Å²) < 4.78 is 69.3. The maximum atomic E-state index is 12.4. The summed E-state index contributed by atoms with van der Waals surface area (Å²) in [5, 5.41) is 65.7. The quantitative estimate of drug-likeness (QED) is 0.164. The molecule has 418 valence electrons.